The highest BCUT2D eigenvalue weighted by molar-refractivity contribution is 8.15. The lowest BCUT2D eigenvalue weighted by Crippen LogP contribution is -2.40. The second-order valence-electron chi connectivity index (χ2n) is 3.63. The molecule has 1 aliphatic rings. The molecule has 0 spiro atoms. The van der Waals surface area contributed by atoms with Crippen LogP contribution in [0.2, 0.25) is 0 Å². The third kappa shape index (κ3) is 3.10. The van der Waals surface area contributed by atoms with Gasteiger partial charge in [-0.25, -0.2) is 4.99 Å². The highest BCUT2D eigenvalue weighted by Gasteiger charge is 2.30. The number of esters is 1. The summed E-state index contributed by atoms with van der Waals surface area (Å²) in [7, 11) is 1.31. The predicted octanol–water partition coefficient (Wildman–Crippen LogP) is 1.47. The Bertz CT molecular complexity index is 487. The van der Waals surface area contributed by atoms with Crippen LogP contribution in [0.15, 0.2) is 35.3 Å². The molecule has 0 bridgehead atoms. The fraction of sp³-hybridized carbons (Fsp3) is 0.250. The van der Waals surface area contributed by atoms with Gasteiger partial charge < -0.3 is 10.1 Å². The molecule has 1 aromatic rings. The van der Waals surface area contributed by atoms with Crippen molar-refractivity contribution in [1.82, 2.24) is 5.32 Å². The molecule has 5 nitrogen and oxygen atoms in total. The maximum Gasteiger partial charge on any atom is 0.319 e. The van der Waals surface area contributed by atoms with Crippen molar-refractivity contribution in [3.8, 4) is 0 Å². The van der Waals surface area contributed by atoms with Gasteiger partial charge in [0, 0.05) is 6.42 Å². The normalized spacial score (nSPS) is 21.5. The number of rotatable bonds is 2. The largest absolute Gasteiger partial charge is 0.468 e. The molecule has 0 radical (unpaired) electrons. The SMILES string of the molecule is COC(=O)C1CC(=O)NC(=Nc2ccccc2)S1. The number of amides is 1. The molecule has 0 aromatic heterocycles. The van der Waals surface area contributed by atoms with Crippen LogP contribution in [0.4, 0.5) is 5.69 Å². The molecule has 0 aliphatic carbocycles. The molecular weight excluding hydrogens is 252 g/mol. The lowest BCUT2D eigenvalue weighted by Gasteiger charge is -2.20. The molecule has 2 rings (SSSR count). The van der Waals surface area contributed by atoms with E-state index in [1.807, 2.05) is 30.3 Å². The minimum absolute atomic E-state index is 0.116. The van der Waals surface area contributed by atoms with Crippen molar-refractivity contribution < 1.29 is 14.3 Å². The van der Waals surface area contributed by atoms with E-state index in [9.17, 15) is 9.59 Å². The standard InChI is InChI=1S/C12H12N2O3S/c1-17-11(16)9-7-10(15)14-12(18-9)13-8-5-3-2-4-6-8/h2-6,9H,7H2,1H3,(H,13,14,15). The van der Waals surface area contributed by atoms with Crippen molar-refractivity contribution in [2.75, 3.05) is 7.11 Å². The Balaban J connectivity index is 2.16. The number of methoxy groups -OCH3 is 1. The summed E-state index contributed by atoms with van der Waals surface area (Å²) < 4.78 is 4.64. The number of thioether (sulfide) groups is 1. The first kappa shape index (κ1) is 12.6. The van der Waals surface area contributed by atoms with E-state index in [4.69, 9.17) is 0 Å². The average molecular weight is 264 g/mol. The third-order valence-corrected chi connectivity index (χ3v) is 3.38. The molecule has 6 heteroatoms. The van der Waals surface area contributed by atoms with E-state index in [-0.39, 0.29) is 12.3 Å². The van der Waals surface area contributed by atoms with Gasteiger partial charge in [0.15, 0.2) is 5.17 Å². The zero-order valence-corrected chi connectivity index (χ0v) is 10.6. The zero-order chi connectivity index (χ0) is 13.0. The Morgan fingerprint density at radius 2 is 2.17 bits per heavy atom. The minimum Gasteiger partial charge on any atom is -0.468 e. The van der Waals surface area contributed by atoms with Gasteiger partial charge in [0.2, 0.25) is 5.91 Å². The van der Waals surface area contributed by atoms with E-state index >= 15 is 0 Å². The number of hydrogen-bond acceptors (Lipinski definition) is 5. The van der Waals surface area contributed by atoms with Gasteiger partial charge >= 0.3 is 5.97 Å². The number of aliphatic imine (C=N–C) groups is 1. The van der Waals surface area contributed by atoms with Crippen molar-refractivity contribution in [2.24, 2.45) is 4.99 Å². The first-order valence-electron chi connectivity index (χ1n) is 5.37. The van der Waals surface area contributed by atoms with E-state index in [1.165, 1.54) is 18.9 Å². The van der Waals surface area contributed by atoms with Gasteiger partial charge in [-0.05, 0) is 12.1 Å². The van der Waals surface area contributed by atoms with Crippen LogP contribution in [0, 0.1) is 0 Å². The Kier molecular flexibility index (Phi) is 3.99. The molecule has 18 heavy (non-hydrogen) atoms. The quantitative estimate of drug-likeness (QED) is 0.821. The lowest BCUT2D eigenvalue weighted by atomic mass is 10.3. The van der Waals surface area contributed by atoms with E-state index in [0.717, 1.165) is 5.69 Å². The van der Waals surface area contributed by atoms with Gasteiger partial charge in [-0.1, -0.05) is 30.0 Å². The number of para-hydroxylation sites is 1. The topological polar surface area (TPSA) is 67.8 Å². The summed E-state index contributed by atoms with van der Waals surface area (Å²) in [6.45, 7) is 0. The molecular formula is C12H12N2O3S. The Labute approximate surface area is 109 Å². The first-order valence-corrected chi connectivity index (χ1v) is 6.25. The van der Waals surface area contributed by atoms with Crippen molar-refractivity contribution in [3.05, 3.63) is 30.3 Å². The Hall–Kier alpha value is -1.82. The van der Waals surface area contributed by atoms with Gasteiger partial charge in [-0.15, -0.1) is 0 Å². The van der Waals surface area contributed by atoms with Gasteiger partial charge in [-0.3, -0.25) is 9.59 Å². The first-order chi connectivity index (χ1) is 8.69. The van der Waals surface area contributed by atoms with E-state index < -0.39 is 11.2 Å². The van der Waals surface area contributed by atoms with Crippen LogP contribution in [0.25, 0.3) is 0 Å². The molecule has 1 fully saturated rings. The molecule has 1 saturated heterocycles. The Morgan fingerprint density at radius 3 is 2.83 bits per heavy atom. The summed E-state index contributed by atoms with van der Waals surface area (Å²) in [5.41, 5.74) is 0.728. The number of carbonyl (C=O) groups excluding carboxylic acids is 2. The number of amidine groups is 1. The maximum atomic E-state index is 11.5. The third-order valence-electron chi connectivity index (χ3n) is 2.32. The van der Waals surface area contributed by atoms with Gasteiger partial charge in [0.1, 0.15) is 5.25 Å². The minimum atomic E-state index is -0.522. The van der Waals surface area contributed by atoms with Crippen molar-refractivity contribution in [2.45, 2.75) is 11.7 Å². The monoisotopic (exact) mass is 264 g/mol. The summed E-state index contributed by atoms with van der Waals surface area (Å²) in [5, 5.41) is 2.54. The molecule has 1 atom stereocenters. The molecule has 1 heterocycles. The fourth-order valence-electron chi connectivity index (χ4n) is 1.48. The van der Waals surface area contributed by atoms with Crippen LogP contribution in [0.1, 0.15) is 6.42 Å². The summed E-state index contributed by atoms with van der Waals surface area (Å²) in [5.74, 6) is -0.630. The molecule has 1 N–H and O–H groups in total. The van der Waals surface area contributed by atoms with Crippen molar-refractivity contribution >= 4 is 34.5 Å². The maximum absolute atomic E-state index is 11.5. The highest BCUT2D eigenvalue weighted by atomic mass is 32.2. The lowest BCUT2D eigenvalue weighted by molar-refractivity contribution is -0.141. The van der Waals surface area contributed by atoms with Crippen LogP contribution in [0.3, 0.4) is 0 Å². The van der Waals surface area contributed by atoms with Crippen LogP contribution in [-0.2, 0) is 14.3 Å². The number of hydrogen-bond donors (Lipinski definition) is 1. The van der Waals surface area contributed by atoms with Gasteiger partial charge in [0.25, 0.3) is 0 Å². The van der Waals surface area contributed by atoms with Crippen LogP contribution in [-0.4, -0.2) is 29.4 Å². The zero-order valence-electron chi connectivity index (χ0n) is 9.75. The highest BCUT2D eigenvalue weighted by Crippen LogP contribution is 2.24. The van der Waals surface area contributed by atoms with Crippen LogP contribution in [0.5, 0.6) is 0 Å². The van der Waals surface area contributed by atoms with Gasteiger partial charge in [0.05, 0.1) is 12.8 Å². The second kappa shape index (κ2) is 5.68. The molecule has 1 aliphatic heterocycles. The van der Waals surface area contributed by atoms with E-state index in [1.54, 1.807) is 0 Å². The smallest absolute Gasteiger partial charge is 0.319 e. The molecule has 0 saturated carbocycles. The number of carbonyl (C=O) groups is 2. The summed E-state index contributed by atoms with van der Waals surface area (Å²) in [4.78, 5) is 27.2. The second-order valence-corrected chi connectivity index (χ2v) is 4.83. The fourth-order valence-corrected chi connectivity index (χ4v) is 2.51. The van der Waals surface area contributed by atoms with Gasteiger partial charge in [-0.2, -0.15) is 0 Å². The molecule has 1 aromatic carbocycles. The van der Waals surface area contributed by atoms with Crippen molar-refractivity contribution in [1.29, 1.82) is 0 Å². The van der Waals surface area contributed by atoms with E-state index in [0.29, 0.717) is 5.17 Å². The Morgan fingerprint density at radius 1 is 1.44 bits per heavy atom. The number of ether oxygens (including phenoxy) is 1. The van der Waals surface area contributed by atoms with E-state index in [2.05, 4.69) is 15.0 Å². The average Bonchev–Trinajstić information content (AvgIpc) is 2.38. The van der Waals surface area contributed by atoms with Crippen LogP contribution < -0.4 is 5.32 Å². The summed E-state index contributed by atoms with van der Waals surface area (Å²) in [6.07, 6.45) is 0.116. The number of nitrogens with zero attached hydrogens (tertiary/aromatic N) is 1. The number of benzene rings is 1. The summed E-state index contributed by atoms with van der Waals surface area (Å²) >= 11 is 1.21. The van der Waals surface area contributed by atoms with Crippen molar-refractivity contribution in [3.63, 3.8) is 0 Å². The number of nitrogens with one attached hydrogen (secondary N) is 1. The molecule has 1 unspecified atom stereocenters. The predicted molar refractivity (Wildman–Crippen MR) is 69.7 cm³/mol. The summed E-state index contributed by atoms with van der Waals surface area (Å²) in [6, 6.07) is 9.23. The molecule has 94 valence electrons. The van der Waals surface area contributed by atoms with Crippen LogP contribution >= 0.6 is 11.8 Å². The molecule has 1 amide bonds.